The zero-order valence-corrected chi connectivity index (χ0v) is 17.4. The number of hydrogen-bond donors (Lipinski definition) is 0. The van der Waals surface area contributed by atoms with Gasteiger partial charge in [-0.1, -0.05) is 58.3 Å². The smallest absolute Gasteiger partial charge is 0.168 e. The zero-order valence-electron chi connectivity index (χ0n) is 17.4. The number of rotatable bonds is 15. The van der Waals surface area contributed by atoms with E-state index in [4.69, 9.17) is 18.9 Å². The maximum absolute atomic E-state index is 6.03. The van der Waals surface area contributed by atoms with E-state index in [1.165, 1.54) is 57.8 Å². The molecule has 2 aliphatic heterocycles. The fourth-order valence-corrected chi connectivity index (χ4v) is 4.16. The highest BCUT2D eigenvalue weighted by Crippen LogP contribution is 2.32. The van der Waals surface area contributed by atoms with Crippen LogP contribution in [0.5, 0.6) is 0 Å². The second-order valence-electron chi connectivity index (χ2n) is 8.22. The molecular formula is C22H42O4. The van der Waals surface area contributed by atoms with Crippen molar-refractivity contribution in [1.82, 2.24) is 0 Å². The van der Waals surface area contributed by atoms with Gasteiger partial charge in [0.25, 0.3) is 0 Å². The second-order valence-corrected chi connectivity index (χ2v) is 8.22. The summed E-state index contributed by atoms with van der Waals surface area (Å²) in [5.74, 6) is -0.623. The number of ether oxygens (including phenoxy) is 4. The normalized spacial score (nSPS) is 21.5. The highest BCUT2D eigenvalue weighted by Gasteiger charge is 2.35. The van der Waals surface area contributed by atoms with Crippen LogP contribution >= 0.6 is 0 Å². The van der Waals surface area contributed by atoms with Crippen molar-refractivity contribution in [2.75, 3.05) is 26.4 Å². The van der Waals surface area contributed by atoms with Crippen molar-refractivity contribution in [1.29, 1.82) is 0 Å². The van der Waals surface area contributed by atoms with Crippen LogP contribution < -0.4 is 0 Å². The average Bonchev–Trinajstić information content (AvgIpc) is 3.27. The standard InChI is InChI=1S/C22H42O4/c1-3-4-5-6-7-8-9-12-15-22(25-19-20-26-22)16-13-10-11-14-21(2)23-17-18-24-21/h3-20H2,1-2H3. The molecule has 154 valence electrons. The quantitative estimate of drug-likeness (QED) is 0.333. The predicted molar refractivity (Wildman–Crippen MR) is 105 cm³/mol. The molecule has 0 saturated carbocycles. The van der Waals surface area contributed by atoms with Crippen molar-refractivity contribution in [2.24, 2.45) is 0 Å². The topological polar surface area (TPSA) is 36.9 Å². The van der Waals surface area contributed by atoms with Crippen molar-refractivity contribution in [3.05, 3.63) is 0 Å². The van der Waals surface area contributed by atoms with Gasteiger partial charge in [0.15, 0.2) is 11.6 Å². The van der Waals surface area contributed by atoms with Crippen LogP contribution in [0.2, 0.25) is 0 Å². The molecule has 26 heavy (non-hydrogen) atoms. The molecule has 2 aliphatic rings. The molecule has 0 unspecified atom stereocenters. The zero-order chi connectivity index (χ0) is 18.6. The van der Waals surface area contributed by atoms with E-state index in [0.29, 0.717) is 0 Å². The first-order valence-electron chi connectivity index (χ1n) is 11.2. The van der Waals surface area contributed by atoms with Crippen LogP contribution in [0.25, 0.3) is 0 Å². The molecule has 0 aromatic rings. The van der Waals surface area contributed by atoms with Crippen molar-refractivity contribution < 1.29 is 18.9 Å². The lowest BCUT2D eigenvalue weighted by Gasteiger charge is -2.28. The summed E-state index contributed by atoms with van der Waals surface area (Å²) in [6.45, 7) is 7.33. The number of hydrogen-bond acceptors (Lipinski definition) is 4. The van der Waals surface area contributed by atoms with Gasteiger partial charge in [-0.3, -0.25) is 0 Å². The molecule has 4 heteroatoms. The number of unbranched alkanes of at least 4 members (excludes halogenated alkanes) is 9. The van der Waals surface area contributed by atoms with Crippen LogP contribution in [-0.4, -0.2) is 38.0 Å². The van der Waals surface area contributed by atoms with Gasteiger partial charge in [0.1, 0.15) is 0 Å². The van der Waals surface area contributed by atoms with Gasteiger partial charge in [-0.15, -0.1) is 0 Å². The summed E-state index contributed by atoms with van der Waals surface area (Å²) < 4.78 is 23.4. The molecule has 2 rings (SSSR count). The Morgan fingerprint density at radius 1 is 0.538 bits per heavy atom. The fraction of sp³-hybridized carbons (Fsp3) is 1.00. The first kappa shape index (κ1) is 22.1. The largest absolute Gasteiger partial charge is 0.348 e. The Hall–Kier alpha value is -0.160. The van der Waals surface area contributed by atoms with Gasteiger partial charge in [0, 0.05) is 19.3 Å². The third-order valence-electron chi connectivity index (χ3n) is 5.81. The first-order chi connectivity index (χ1) is 12.7. The van der Waals surface area contributed by atoms with Crippen LogP contribution in [0.4, 0.5) is 0 Å². The Kier molecular flexibility index (Phi) is 10.5. The molecule has 4 nitrogen and oxygen atoms in total. The maximum Gasteiger partial charge on any atom is 0.168 e. The summed E-state index contributed by atoms with van der Waals surface area (Å²) in [6.07, 6.45) is 17.4. The molecule has 0 aromatic heterocycles. The molecule has 0 N–H and O–H groups in total. The van der Waals surface area contributed by atoms with Crippen LogP contribution in [0, 0.1) is 0 Å². The summed E-state index contributed by atoms with van der Waals surface area (Å²) in [7, 11) is 0. The Morgan fingerprint density at radius 2 is 0.962 bits per heavy atom. The summed E-state index contributed by atoms with van der Waals surface area (Å²) in [4.78, 5) is 0. The minimum absolute atomic E-state index is 0.285. The lowest BCUT2D eigenvalue weighted by atomic mass is 9.98. The van der Waals surface area contributed by atoms with Crippen LogP contribution in [-0.2, 0) is 18.9 Å². The van der Waals surface area contributed by atoms with E-state index < -0.39 is 0 Å². The molecular weight excluding hydrogens is 328 g/mol. The first-order valence-corrected chi connectivity index (χ1v) is 11.2. The van der Waals surface area contributed by atoms with E-state index in [9.17, 15) is 0 Å². The van der Waals surface area contributed by atoms with E-state index in [-0.39, 0.29) is 11.6 Å². The van der Waals surface area contributed by atoms with Crippen molar-refractivity contribution in [3.8, 4) is 0 Å². The molecule has 0 aliphatic carbocycles. The molecule has 0 atom stereocenters. The second kappa shape index (κ2) is 12.3. The Morgan fingerprint density at radius 3 is 1.54 bits per heavy atom. The molecule has 2 fully saturated rings. The SMILES string of the molecule is CCCCCCCCCCC1(CCCCCC2(C)OCCO2)OCCO1. The van der Waals surface area contributed by atoms with Gasteiger partial charge in [0.2, 0.25) is 0 Å². The van der Waals surface area contributed by atoms with E-state index in [1.807, 2.05) is 0 Å². The predicted octanol–water partition coefficient (Wildman–Crippen LogP) is 5.97. The molecule has 0 bridgehead atoms. The molecule has 0 spiro atoms. The lowest BCUT2D eigenvalue weighted by molar-refractivity contribution is -0.169. The molecule has 0 radical (unpaired) electrons. The minimum Gasteiger partial charge on any atom is -0.348 e. The third-order valence-corrected chi connectivity index (χ3v) is 5.81. The van der Waals surface area contributed by atoms with Crippen molar-refractivity contribution in [2.45, 2.75) is 115 Å². The molecule has 2 saturated heterocycles. The van der Waals surface area contributed by atoms with Gasteiger partial charge in [-0.25, -0.2) is 0 Å². The fourth-order valence-electron chi connectivity index (χ4n) is 4.16. The summed E-state index contributed by atoms with van der Waals surface area (Å²) in [5.41, 5.74) is 0. The van der Waals surface area contributed by atoms with Crippen LogP contribution in [0.1, 0.15) is 104 Å². The molecule has 0 amide bonds. The Balaban J connectivity index is 1.52. The van der Waals surface area contributed by atoms with Gasteiger partial charge in [-0.05, 0) is 26.2 Å². The van der Waals surface area contributed by atoms with E-state index in [0.717, 1.165) is 58.5 Å². The minimum atomic E-state index is -0.338. The third kappa shape index (κ3) is 8.24. The van der Waals surface area contributed by atoms with Gasteiger partial charge >= 0.3 is 0 Å². The molecule has 0 aromatic carbocycles. The molecule has 2 heterocycles. The average molecular weight is 371 g/mol. The van der Waals surface area contributed by atoms with Crippen LogP contribution in [0.3, 0.4) is 0 Å². The summed E-state index contributed by atoms with van der Waals surface area (Å²) >= 11 is 0. The van der Waals surface area contributed by atoms with E-state index >= 15 is 0 Å². The Bertz CT molecular complexity index is 346. The van der Waals surface area contributed by atoms with Crippen molar-refractivity contribution in [3.63, 3.8) is 0 Å². The van der Waals surface area contributed by atoms with Crippen LogP contribution in [0.15, 0.2) is 0 Å². The highest BCUT2D eigenvalue weighted by molar-refractivity contribution is 4.75. The van der Waals surface area contributed by atoms with E-state index in [1.54, 1.807) is 0 Å². The summed E-state index contributed by atoms with van der Waals surface area (Å²) in [6, 6.07) is 0. The monoisotopic (exact) mass is 370 g/mol. The van der Waals surface area contributed by atoms with Gasteiger partial charge < -0.3 is 18.9 Å². The maximum atomic E-state index is 6.03. The van der Waals surface area contributed by atoms with Crippen molar-refractivity contribution >= 4 is 0 Å². The lowest BCUT2D eigenvalue weighted by Crippen LogP contribution is -2.30. The van der Waals surface area contributed by atoms with Gasteiger partial charge in [-0.2, -0.15) is 0 Å². The Labute approximate surface area is 161 Å². The van der Waals surface area contributed by atoms with Gasteiger partial charge in [0.05, 0.1) is 26.4 Å². The summed E-state index contributed by atoms with van der Waals surface area (Å²) in [5, 5.41) is 0. The highest BCUT2D eigenvalue weighted by atomic mass is 16.7. The van der Waals surface area contributed by atoms with E-state index in [2.05, 4.69) is 13.8 Å².